The summed E-state index contributed by atoms with van der Waals surface area (Å²) < 4.78 is 36.6. The lowest BCUT2D eigenvalue weighted by Crippen LogP contribution is -2.03. The van der Waals surface area contributed by atoms with E-state index in [4.69, 9.17) is 9.47 Å². The van der Waals surface area contributed by atoms with Gasteiger partial charge in [-0.3, -0.25) is 0 Å². The number of hydrogen-bond donors (Lipinski definition) is 1. The molecule has 0 heterocycles. The van der Waals surface area contributed by atoms with Gasteiger partial charge in [0.1, 0.15) is 23.1 Å². The molecule has 3 nitrogen and oxygen atoms in total. The molecular weight excluding hydrogens is 278 g/mol. The quantitative estimate of drug-likeness (QED) is 0.920. The van der Waals surface area contributed by atoms with Crippen molar-refractivity contribution in [2.24, 2.45) is 0 Å². The van der Waals surface area contributed by atoms with Crippen molar-refractivity contribution < 1.29 is 23.4 Å². The predicted molar refractivity (Wildman–Crippen MR) is 74.6 cm³/mol. The van der Waals surface area contributed by atoms with Crippen molar-refractivity contribution in [1.82, 2.24) is 0 Å². The third-order valence-corrected chi connectivity index (χ3v) is 3.11. The van der Waals surface area contributed by atoms with Crippen LogP contribution in [0.1, 0.15) is 17.2 Å². The van der Waals surface area contributed by atoms with Crippen LogP contribution in [0.15, 0.2) is 36.4 Å². The Morgan fingerprint density at radius 2 is 1.43 bits per heavy atom. The van der Waals surface area contributed by atoms with Gasteiger partial charge < -0.3 is 14.6 Å². The molecule has 2 aromatic carbocycles. The number of methoxy groups -OCH3 is 2. The molecule has 1 N–H and O–H groups in total. The van der Waals surface area contributed by atoms with Gasteiger partial charge in [0.2, 0.25) is 0 Å². The highest BCUT2D eigenvalue weighted by atomic mass is 19.1. The molecule has 2 rings (SSSR count). The Labute approximate surface area is 121 Å². The van der Waals surface area contributed by atoms with Gasteiger partial charge in [-0.2, -0.15) is 0 Å². The summed E-state index contributed by atoms with van der Waals surface area (Å²) in [5.41, 5.74) is 0.928. The van der Waals surface area contributed by atoms with Gasteiger partial charge in [-0.25, -0.2) is 8.78 Å². The fraction of sp³-hybridized carbons (Fsp3) is 0.250. The largest absolute Gasteiger partial charge is 0.497 e. The summed E-state index contributed by atoms with van der Waals surface area (Å²) in [7, 11) is 3.01. The van der Waals surface area contributed by atoms with E-state index in [-0.39, 0.29) is 6.42 Å². The van der Waals surface area contributed by atoms with Gasteiger partial charge in [-0.15, -0.1) is 0 Å². The van der Waals surface area contributed by atoms with E-state index >= 15 is 0 Å². The number of halogens is 2. The first-order valence-electron chi connectivity index (χ1n) is 6.38. The minimum atomic E-state index is -0.921. The van der Waals surface area contributed by atoms with E-state index in [0.717, 1.165) is 6.07 Å². The molecule has 0 saturated heterocycles. The first kappa shape index (κ1) is 15.3. The summed E-state index contributed by atoms with van der Waals surface area (Å²) in [6.07, 6.45) is -0.833. The summed E-state index contributed by atoms with van der Waals surface area (Å²) >= 11 is 0. The van der Waals surface area contributed by atoms with Gasteiger partial charge >= 0.3 is 0 Å². The van der Waals surface area contributed by atoms with Crippen LogP contribution in [0.25, 0.3) is 0 Å². The second-order valence-corrected chi connectivity index (χ2v) is 4.64. The highest BCUT2D eigenvalue weighted by Crippen LogP contribution is 2.28. The summed E-state index contributed by atoms with van der Waals surface area (Å²) in [5, 5.41) is 10.2. The zero-order valence-electron chi connectivity index (χ0n) is 11.8. The van der Waals surface area contributed by atoms with E-state index in [1.165, 1.54) is 26.4 Å². The summed E-state index contributed by atoms with van der Waals surface area (Å²) in [4.78, 5) is 0. The number of aliphatic hydroxyl groups is 1. The summed E-state index contributed by atoms with van der Waals surface area (Å²) in [5.74, 6) is -0.261. The first-order chi connectivity index (χ1) is 10.0. The SMILES string of the molecule is COc1cc(OC)cc(C(O)Cc2cc(F)cc(F)c2)c1. The third kappa shape index (κ3) is 3.92. The van der Waals surface area contributed by atoms with Crippen molar-refractivity contribution >= 4 is 0 Å². The molecule has 2 aromatic rings. The Morgan fingerprint density at radius 1 is 0.905 bits per heavy atom. The predicted octanol–water partition coefficient (Wildman–Crippen LogP) is 3.26. The molecule has 0 aliphatic rings. The minimum Gasteiger partial charge on any atom is -0.497 e. The lowest BCUT2D eigenvalue weighted by Gasteiger charge is -2.14. The molecule has 5 heteroatoms. The number of benzene rings is 2. The number of aliphatic hydroxyl groups excluding tert-OH is 1. The van der Waals surface area contributed by atoms with Crippen LogP contribution in [0.4, 0.5) is 8.78 Å². The van der Waals surface area contributed by atoms with Gasteiger partial charge in [0, 0.05) is 18.6 Å². The molecule has 0 saturated carbocycles. The van der Waals surface area contributed by atoms with Crippen molar-refractivity contribution in [3.8, 4) is 11.5 Å². The number of ether oxygens (including phenoxy) is 2. The molecule has 21 heavy (non-hydrogen) atoms. The van der Waals surface area contributed by atoms with Crippen LogP contribution in [0.3, 0.4) is 0 Å². The molecule has 0 radical (unpaired) electrons. The molecule has 0 bridgehead atoms. The lowest BCUT2D eigenvalue weighted by molar-refractivity contribution is 0.177. The third-order valence-electron chi connectivity index (χ3n) is 3.11. The van der Waals surface area contributed by atoms with E-state index in [1.807, 2.05) is 0 Å². The molecular formula is C16H16F2O3. The zero-order chi connectivity index (χ0) is 15.4. The van der Waals surface area contributed by atoms with Crippen LogP contribution < -0.4 is 9.47 Å². The fourth-order valence-corrected chi connectivity index (χ4v) is 2.09. The van der Waals surface area contributed by atoms with E-state index in [0.29, 0.717) is 22.6 Å². The van der Waals surface area contributed by atoms with Crippen molar-refractivity contribution in [3.05, 3.63) is 59.2 Å². The molecule has 0 spiro atoms. The molecule has 0 aromatic heterocycles. The minimum absolute atomic E-state index is 0.0883. The first-order valence-corrected chi connectivity index (χ1v) is 6.38. The number of rotatable bonds is 5. The van der Waals surface area contributed by atoms with Gasteiger partial charge in [-0.1, -0.05) is 0 Å². The van der Waals surface area contributed by atoms with Crippen molar-refractivity contribution in [3.63, 3.8) is 0 Å². The molecule has 1 unspecified atom stereocenters. The molecule has 0 aliphatic carbocycles. The van der Waals surface area contributed by atoms with Crippen LogP contribution in [0.5, 0.6) is 11.5 Å². The number of hydrogen-bond acceptors (Lipinski definition) is 3. The van der Waals surface area contributed by atoms with E-state index < -0.39 is 17.7 Å². The Morgan fingerprint density at radius 3 is 1.90 bits per heavy atom. The van der Waals surface area contributed by atoms with Crippen LogP contribution in [0, 0.1) is 11.6 Å². The standard InChI is InChI=1S/C16H16F2O3/c1-20-14-6-11(7-15(9-14)21-2)16(19)5-10-3-12(17)8-13(18)4-10/h3-4,6-9,16,19H,5H2,1-2H3. The topological polar surface area (TPSA) is 38.7 Å². The van der Waals surface area contributed by atoms with E-state index in [9.17, 15) is 13.9 Å². The maximum Gasteiger partial charge on any atom is 0.126 e. The van der Waals surface area contributed by atoms with Gasteiger partial charge in [0.15, 0.2) is 0 Å². The summed E-state index contributed by atoms with van der Waals surface area (Å²) in [6.45, 7) is 0. The monoisotopic (exact) mass is 294 g/mol. The molecule has 0 amide bonds. The molecule has 112 valence electrons. The fourth-order valence-electron chi connectivity index (χ4n) is 2.09. The van der Waals surface area contributed by atoms with Crippen LogP contribution in [0.2, 0.25) is 0 Å². The molecule has 0 fully saturated rings. The maximum atomic E-state index is 13.2. The lowest BCUT2D eigenvalue weighted by atomic mass is 10.0. The molecule has 1 atom stereocenters. The highest BCUT2D eigenvalue weighted by Gasteiger charge is 2.13. The van der Waals surface area contributed by atoms with E-state index in [1.54, 1.807) is 18.2 Å². The highest BCUT2D eigenvalue weighted by molar-refractivity contribution is 5.39. The van der Waals surface area contributed by atoms with Crippen molar-refractivity contribution in [2.75, 3.05) is 14.2 Å². The zero-order valence-corrected chi connectivity index (χ0v) is 11.8. The van der Waals surface area contributed by atoms with Gasteiger partial charge in [-0.05, 0) is 35.4 Å². The van der Waals surface area contributed by atoms with Gasteiger partial charge in [0.25, 0.3) is 0 Å². The summed E-state index contributed by atoms with van der Waals surface area (Å²) in [6, 6.07) is 8.18. The van der Waals surface area contributed by atoms with Crippen molar-refractivity contribution in [2.45, 2.75) is 12.5 Å². The van der Waals surface area contributed by atoms with Crippen molar-refractivity contribution in [1.29, 1.82) is 0 Å². The molecule has 0 aliphatic heterocycles. The second kappa shape index (κ2) is 6.54. The normalized spacial score (nSPS) is 12.0. The maximum absolute atomic E-state index is 13.2. The van der Waals surface area contributed by atoms with Crippen LogP contribution in [-0.2, 0) is 6.42 Å². The van der Waals surface area contributed by atoms with Gasteiger partial charge in [0.05, 0.1) is 20.3 Å². The Bertz CT molecular complexity index is 586. The Balaban J connectivity index is 2.25. The van der Waals surface area contributed by atoms with E-state index in [2.05, 4.69) is 0 Å². The van der Waals surface area contributed by atoms with Crippen LogP contribution >= 0.6 is 0 Å². The van der Waals surface area contributed by atoms with Crippen LogP contribution in [-0.4, -0.2) is 19.3 Å². The average molecular weight is 294 g/mol. The second-order valence-electron chi connectivity index (χ2n) is 4.64. The Kier molecular flexibility index (Phi) is 4.75. The average Bonchev–Trinajstić information content (AvgIpc) is 2.45. The smallest absolute Gasteiger partial charge is 0.126 e. The Hall–Kier alpha value is -2.14.